The number of aromatic nitrogens is 2. The van der Waals surface area contributed by atoms with Crippen LogP contribution in [0.2, 0.25) is 0 Å². The third-order valence-electron chi connectivity index (χ3n) is 6.49. The Balaban J connectivity index is 1.49. The molecule has 0 bridgehead atoms. The highest BCUT2D eigenvalue weighted by molar-refractivity contribution is 6.00. The van der Waals surface area contributed by atoms with Gasteiger partial charge in [-0.15, -0.1) is 0 Å². The van der Waals surface area contributed by atoms with Crippen molar-refractivity contribution < 1.29 is 14.0 Å². The lowest BCUT2D eigenvalue weighted by atomic mass is 10.00. The van der Waals surface area contributed by atoms with Crippen molar-refractivity contribution in [1.29, 1.82) is 0 Å². The second-order valence-corrected chi connectivity index (χ2v) is 9.04. The van der Waals surface area contributed by atoms with Crippen LogP contribution < -0.4 is 10.2 Å². The Labute approximate surface area is 203 Å². The number of carbonyl (C=O) groups excluding carboxylic acids is 2. The van der Waals surface area contributed by atoms with E-state index < -0.39 is 6.04 Å². The molecule has 178 valence electrons. The number of halogens is 1. The van der Waals surface area contributed by atoms with Gasteiger partial charge in [0.25, 0.3) is 0 Å². The molecule has 2 amide bonds. The number of anilines is 1. The predicted molar refractivity (Wildman–Crippen MR) is 135 cm³/mol. The van der Waals surface area contributed by atoms with Gasteiger partial charge >= 0.3 is 0 Å². The molecule has 2 fully saturated rings. The molecule has 1 N–H and O–H groups in total. The van der Waals surface area contributed by atoms with Crippen molar-refractivity contribution in [3.05, 3.63) is 90.9 Å². The Morgan fingerprint density at radius 2 is 1.89 bits per heavy atom. The van der Waals surface area contributed by atoms with E-state index in [1.165, 1.54) is 12.1 Å². The SMILES string of the molecule is C=C(/C=C\C=C/C)[C@@H]1[C@@H](NC(=O)C2CC2)CC(=O)N1c1ccc2c(cnn2-c2ccc(F)cc2)c1. The quantitative estimate of drug-likeness (QED) is 0.502. The van der Waals surface area contributed by atoms with Gasteiger partial charge in [0.05, 0.1) is 29.5 Å². The van der Waals surface area contributed by atoms with Crippen LogP contribution in [-0.2, 0) is 9.59 Å². The second-order valence-electron chi connectivity index (χ2n) is 9.04. The van der Waals surface area contributed by atoms with Crippen LogP contribution in [0.1, 0.15) is 26.2 Å². The summed E-state index contributed by atoms with van der Waals surface area (Å²) in [6, 6.07) is 11.1. The predicted octanol–water partition coefficient (Wildman–Crippen LogP) is 4.85. The third kappa shape index (κ3) is 4.54. The molecule has 0 unspecified atom stereocenters. The average molecular weight is 471 g/mol. The molecule has 1 aliphatic carbocycles. The summed E-state index contributed by atoms with van der Waals surface area (Å²) < 4.78 is 15.1. The maximum atomic E-state index is 13.4. The zero-order valence-electron chi connectivity index (χ0n) is 19.5. The normalized spacial score (nSPS) is 20.4. The van der Waals surface area contributed by atoms with Crippen molar-refractivity contribution in [3.8, 4) is 5.69 Å². The van der Waals surface area contributed by atoms with Crippen molar-refractivity contribution in [2.24, 2.45) is 5.92 Å². The van der Waals surface area contributed by atoms with Crippen LogP contribution in [0.3, 0.4) is 0 Å². The van der Waals surface area contributed by atoms with Gasteiger partial charge in [-0.25, -0.2) is 9.07 Å². The number of hydrogen-bond acceptors (Lipinski definition) is 3. The van der Waals surface area contributed by atoms with Crippen LogP contribution in [-0.4, -0.2) is 33.7 Å². The zero-order chi connectivity index (χ0) is 24.5. The summed E-state index contributed by atoms with van der Waals surface area (Å²) in [5.74, 6) is -0.309. The molecule has 3 aromatic rings. The lowest BCUT2D eigenvalue weighted by molar-refractivity contribution is -0.123. The highest BCUT2D eigenvalue weighted by Crippen LogP contribution is 2.35. The molecule has 5 rings (SSSR count). The summed E-state index contributed by atoms with van der Waals surface area (Å²) in [7, 11) is 0. The molecule has 2 aromatic carbocycles. The molecule has 1 saturated heterocycles. The van der Waals surface area contributed by atoms with Gasteiger partial charge in [0.15, 0.2) is 0 Å². The molecular weight excluding hydrogens is 443 g/mol. The fourth-order valence-corrected chi connectivity index (χ4v) is 4.59. The van der Waals surface area contributed by atoms with Gasteiger partial charge in [-0.3, -0.25) is 9.59 Å². The van der Waals surface area contributed by atoms with E-state index in [1.54, 1.807) is 27.9 Å². The molecule has 0 radical (unpaired) electrons. The average Bonchev–Trinajstić information content (AvgIpc) is 3.54. The maximum Gasteiger partial charge on any atom is 0.229 e. The van der Waals surface area contributed by atoms with Gasteiger partial charge in [0, 0.05) is 23.4 Å². The van der Waals surface area contributed by atoms with Crippen LogP contribution in [0.15, 0.2) is 85.1 Å². The minimum Gasteiger partial charge on any atom is -0.350 e. The van der Waals surface area contributed by atoms with E-state index in [9.17, 15) is 14.0 Å². The van der Waals surface area contributed by atoms with Crippen molar-refractivity contribution in [2.45, 2.75) is 38.3 Å². The summed E-state index contributed by atoms with van der Waals surface area (Å²) in [6.07, 6.45) is 11.3. The summed E-state index contributed by atoms with van der Waals surface area (Å²) >= 11 is 0. The lowest BCUT2D eigenvalue weighted by Gasteiger charge is -2.29. The van der Waals surface area contributed by atoms with E-state index in [0.717, 1.165) is 40.7 Å². The van der Waals surface area contributed by atoms with Crippen LogP contribution in [0, 0.1) is 11.7 Å². The highest BCUT2D eigenvalue weighted by Gasteiger charge is 2.44. The molecule has 35 heavy (non-hydrogen) atoms. The first-order chi connectivity index (χ1) is 17.0. The number of nitrogens with zero attached hydrogens (tertiary/aromatic N) is 3. The van der Waals surface area contributed by atoms with E-state index in [1.807, 2.05) is 49.4 Å². The number of hydrogen-bond donors (Lipinski definition) is 1. The topological polar surface area (TPSA) is 67.2 Å². The van der Waals surface area contributed by atoms with E-state index in [-0.39, 0.29) is 36.0 Å². The van der Waals surface area contributed by atoms with Gasteiger partial charge in [0.1, 0.15) is 5.82 Å². The Bertz CT molecular complexity index is 1350. The van der Waals surface area contributed by atoms with E-state index in [4.69, 9.17) is 0 Å². The molecule has 0 spiro atoms. The molecular formula is C28H27FN4O2. The fourth-order valence-electron chi connectivity index (χ4n) is 4.59. The van der Waals surface area contributed by atoms with E-state index in [0.29, 0.717) is 0 Å². The standard InChI is InChI=1S/C28H27FN4O2/c1-3-4-5-6-18(2)27-24(31-28(35)19-7-8-19)16-26(34)32(27)23-13-14-25-20(15-23)17-30-33(25)22-11-9-21(29)10-12-22/h3-6,9-15,17,19,24,27H,2,7-8,16H2,1H3,(H,31,35)/b4-3-,6-5-/t24-,27+/m0/s1. The van der Waals surface area contributed by atoms with Gasteiger partial charge in [0.2, 0.25) is 11.8 Å². The number of allylic oxidation sites excluding steroid dienone is 3. The largest absolute Gasteiger partial charge is 0.350 e. The maximum absolute atomic E-state index is 13.4. The Kier molecular flexibility index (Phi) is 6.07. The van der Waals surface area contributed by atoms with Crippen LogP contribution >= 0.6 is 0 Å². The molecule has 2 aliphatic rings. The Morgan fingerprint density at radius 3 is 2.60 bits per heavy atom. The van der Waals surface area contributed by atoms with E-state index >= 15 is 0 Å². The highest BCUT2D eigenvalue weighted by atomic mass is 19.1. The Morgan fingerprint density at radius 1 is 1.14 bits per heavy atom. The van der Waals surface area contributed by atoms with Crippen molar-refractivity contribution in [3.63, 3.8) is 0 Å². The van der Waals surface area contributed by atoms with Gasteiger partial charge in [-0.2, -0.15) is 5.10 Å². The summed E-state index contributed by atoms with van der Waals surface area (Å²) in [5.41, 5.74) is 3.05. The molecule has 1 saturated carbocycles. The molecule has 7 heteroatoms. The lowest BCUT2D eigenvalue weighted by Crippen LogP contribution is -2.46. The van der Waals surface area contributed by atoms with Crippen LogP contribution in [0.5, 0.6) is 0 Å². The van der Waals surface area contributed by atoms with Crippen molar-refractivity contribution in [2.75, 3.05) is 4.90 Å². The summed E-state index contributed by atoms with van der Waals surface area (Å²) in [5, 5.41) is 8.41. The first-order valence-electron chi connectivity index (χ1n) is 11.8. The molecule has 1 aromatic heterocycles. The summed E-state index contributed by atoms with van der Waals surface area (Å²) in [6.45, 7) is 6.17. The molecule has 6 nitrogen and oxygen atoms in total. The molecule has 2 heterocycles. The van der Waals surface area contributed by atoms with Crippen molar-refractivity contribution in [1.82, 2.24) is 15.1 Å². The number of fused-ring (bicyclic) bond motifs is 1. The number of nitrogens with one attached hydrogen (secondary N) is 1. The number of rotatable bonds is 7. The monoisotopic (exact) mass is 470 g/mol. The number of carbonyl (C=O) groups is 2. The minimum absolute atomic E-state index is 0.0101. The van der Waals surface area contributed by atoms with Crippen LogP contribution in [0.4, 0.5) is 10.1 Å². The van der Waals surface area contributed by atoms with Gasteiger partial charge in [-0.1, -0.05) is 30.9 Å². The first kappa shape index (κ1) is 22.8. The first-order valence-corrected chi connectivity index (χ1v) is 11.8. The minimum atomic E-state index is -0.392. The fraction of sp³-hybridized carbons (Fsp3) is 0.250. The van der Waals surface area contributed by atoms with E-state index in [2.05, 4.69) is 17.0 Å². The van der Waals surface area contributed by atoms with Gasteiger partial charge in [-0.05, 0) is 67.8 Å². The zero-order valence-corrected chi connectivity index (χ0v) is 19.5. The number of benzene rings is 2. The molecule has 2 atom stereocenters. The summed E-state index contributed by atoms with van der Waals surface area (Å²) in [4.78, 5) is 27.5. The van der Waals surface area contributed by atoms with Crippen molar-refractivity contribution >= 4 is 28.4 Å². The smallest absolute Gasteiger partial charge is 0.229 e. The number of amides is 2. The van der Waals surface area contributed by atoms with Gasteiger partial charge < -0.3 is 10.2 Å². The molecule has 1 aliphatic heterocycles. The third-order valence-corrected chi connectivity index (χ3v) is 6.49. The second kappa shape index (κ2) is 9.33. The Hall–Kier alpha value is -4.00. The van der Waals surface area contributed by atoms with Crippen LogP contribution in [0.25, 0.3) is 16.6 Å².